The van der Waals surface area contributed by atoms with Gasteiger partial charge in [-0.15, -0.1) is 0 Å². The highest BCUT2D eigenvalue weighted by Crippen LogP contribution is 2.33. The lowest BCUT2D eigenvalue weighted by atomic mass is 9.97. The Bertz CT molecular complexity index is 2470. The Morgan fingerprint density at radius 1 is 0.411 bits per heavy atom. The smallest absolute Gasteiger partial charge is 0.159 e. The number of hydrogen-bond donors (Lipinski definition) is 0. The van der Waals surface area contributed by atoms with Gasteiger partial charge >= 0.3 is 0 Å². The van der Waals surface area contributed by atoms with Crippen molar-refractivity contribution in [2.75, 3.05) is 0 Å². The molecule has 0 aliphatic carbocycles. The van der Waals surface area contributed by atoms with Crippen LogP contribution in [0.4, 0.5) is 0 Å². The third kappa shape index (κ3) is 11.3. The maximum absolute atomic E-state index is 10.8. The molecule has 0 aliphatic heterocycles. The Kier molecular flexibility index (Phi) is 14.2. The molecule has 0 N–H and O–H groups in total. The molecule has 0 bridgehead atoms. The molecule has 0 fully saturated rings. The molecular weight excluding hydrogens is 886 g/mol. The maximum atomic E-state index is 10.8. The lowest BCUT2D eigenvalue weighted by Gasteiger charge is -2.11. The standard InChI is InChI=1S/C29H19Br2N.C13H10O.C8H7BrO/c30-26-10-4-8-23(16-26)28-18-25(19-29(32-28)24-9-5-11-27(31)17-24)22-14-12-21(13-15-22)20-6-2-1-3-7-20;14-10-11-6-8-13(9-7-11)12-4-2-1-3-5-12;1-6(10)7-3-2-4-8(9)5-7/h1-19H;1-10H;2-5H,1H3. The first kappa shape index (κ1) is 40.1. The van der Waals surface area contributed by atoms with E-state index in [0.29, 0.717) is 5.56 Å². The predicted molar refractivity (Wildman–Crippen MR) is 243 cm³/mol. The average molecular weight is 923 g/mol. The number of carbonyl (C=O) groups excluding carboxylic acids is 2. The highest BCUT2D eigenvalue weighted by Gasteiger charge is 2.10. The molecule has 274 valence electrons. The molecule has 0 saturated carbocycles. The Hall–Kier alpha value is -5.53. The molecule has 7 aromatic carbocycles. The molecule has 1 heterocycles. The molecule has 0 unspecified atom stereocenters. The molecule has 1 aromatic heterocycles. The zero-order chi connectivity index (χ0) is 39.3. The van der Waals surface area contributed by atoms with Gasteiger partial charge in [-0.05, 0) is 88.8 Å². The minimum Gasteiger partial charge on any atom is -0.298 e. The van der Waals surface area contributed by atoms with Crippen molar-refractivity contribution in [2.24, 2.45) is 0 Å². The van der Waals surface area contributed by atoms with E-state index in [2.05, 4.69) is 145 Å². The van der Waals surface area contributed by atoms with Gasteiger partial charge < -0.3 is 0 Å². The van der Waals surface area contributed by atoms with Crippen LogP contribution in [0.25, 0.3) is 55.9 Å². The Balaban J connectivity index is 0.000000181. The minimum atomic E-state index is 0.0984. The number of pyridine rings is 1. The van der Waals surface area contributed by atoms with E-state index in [9.17, 15) is 9.59 Å². The third-order valence-corrected chi connectivity index (χ3v) is 10.3. The van der Waals surface area contributed by atoms with Gasteiger partial charge in [-0.1, -0.05) is 193 Å². The van der Waals surface area contributed by atoms with Gasteiger partial charge in [0.2, 0.25) is 0 Å². The molecule has 0 radical (unpaired) electrons. The monoisotopic (exact) mass is 919 g/mol. The molecule has 8 aromatic rings. The van der Waals surface area contributed by atoms with Crippen LogP contribution in [0, 0.1) is 0 Å². The van der Waals surface area contributed by atoms with Gasteiger partial charge in [-0.25, -0.2) is 4.98 Å². The van der Waals surface area contributed by atoms with Crippen molar-refractivity contribution in [2.45, 2.75) is 6.92 Å². The first-order valence-corrected chi connectivity index (χ1v) is 20.2. The summed E-state index contributed by atoms with van der Waals surface area (Å²) in [5.41, 5.74) is 12.6. The zero-order valence-electron chi connectivity index (χ0n) is 30.5. The van der Waals surface area contributed by atoms with E-state index < -0.39 is 0 Å². The Morgan fingerprint density at radius 3 is 1.18 bits per heavy atom. The number of rotatable bonds is 7. The van der Waals surface area contributed by atoms with E-state index in [1.807, 2.05) is 91.0 Å². The fourth-order valence-corrected chi connectivity index (χ4v) is 7.06. The minimum absolute atomic E-state index is 0.0984. The normalized spacial score (nSPS) is 10.3. The van der Waals surface area contributed by atoms with E-state index in [0.717, 1.165) is 58.9 Å². The summed E-state index contributed by atoms with van der Waals surface area (Å²) < 4.78 is 3.03. The molecule has 0 spiro atoms. The third-order valence-electron chi connectivity index (χ3n) is 8.78. The van der Waals surface area contributed by atoms with Crippen molar-refractivity contribution in [3.05, 3.63) is 219 Å². The molecule has 56 heavy (non-hydrogen) atoms. The summed E-state index contributed by atoms with van der Waals surface area (Å²) in [5.74, 6) is 0.0984. The number of nitrogens with zero attached hydrogens (tertiary/aromatic N) is 1. The van der Waals surface area contributed by atoms with E-state index >= 15 is 0 Å². The van der Waals surface area contributed by atoms with Gasteiger partial charge in [0.1, 0.15) is 6.29 Å². The van der Waals surface area contributed by atoms with E-state index in [1.54, 1.807) is 13.0 Å². The highest BCUT2D eigenvalue weighted by molar-refractivity contribution is 9.11. The topological polar surface area (TPSA) is 47.0 Å². The summed E-state index contributed by atoms with van der Waals surface area (Å²) >= 11 is 10.5. The number of aldehydes is 1. The van der Waals surface area contributed by atoms with Crippen molar-refractivity contribution < 1.29 is 9.59 Å². The average Bonchev–Trinajstić information content (AvgIpc) is 3.25. The molecular formula is C50H36Br3NO2. The zero-order valence-corrected chi connectivity index (χ0v) is 35.2. The van der Waals surface area contributed by atoms with E-state index in [-0.39, 0.29) is 5.78 Å². The SMILES string of the molecule is Brc1cccc(-c2cc(-c3ccc(-c4ccccc4)cc3)cc(-c3cccc(Br)c3)n2)c1.CC(=O)c1cccc(Br)c1.O=Cc1ccc(-c2ccccc2)cc1. The quantitative estimate of drug-likeness (QED) is 0.118. The van der Waals surface area contributed by atoms with E-state index in [4.69, 9.17) is 4.98 Å². The lowest BCUT2D eigenvalue weighted by molar-refractivity contribution is 0.101. The van der Waals surface area contributed by atoms with Crippen LogP contribution < -0.4 is 0 Å². The number of benzene rings is 7. The molecule has 3 nitrogen and oxygen atoms in total. The number of Topliss-reactive ketones (excluding diaryl/α,β-unsaturated/α-hetero) is 1. The van der Waals surface area contributed by atoms with Crippen LogP contribution in [0.2, 0.25) is 0 Å². The second-order valence-electron chi connectivity index (χ2n) is 12.8. The summed E-state index contributed by atoms with van der Waals surface area (Å²) in [7, 11) is 0. The first-order valence-electron chi connectivity index (χ1n) is 17.8. The van der Waals surface area contributed by atoms with Gasteiger partial charge in [-0.3, -0.25) is 9.59 Å². The molecule has 0 atom stereocenters. The first-order chi connectivity index (χ1) is 27.2. The second-order valence-corrected chi connectivity index (χ2v) is 15.5. The van der Waals surface area contributed by atoms with Crippen LogP contribution in [0.5, 0.6) is 0 Å². The van der Waals surface area contributed by atoms with Crippen LogP contribution in [0.15, 0.2) is 208 Å². The van der Waals surface area contributed by atoms with Crippen molar-refractivity contribution in [3.63, 3.8) is 0 Å². The van der Waals surface area contributed by atoms with Crippen LogP contribution in [-0.2, 0) is 0 Å². The molecule has 0 amide bonds. The summed E-state index contributed by atoms with van der Waals surface area (Å²) in [6.45, 7) is 1.56. The van der Waals surface area contributed by atoms with Gasteiger partial charge in [0.05, 0.1) is 11.4 Å². The summed E-state index contributed by atoms with van der Waals surface area (Å²) in [4.78, 5) is 26.2. The van der Waals surface area contributed by atoms with Crippen LogP contribution in [0.1, 0.15) is 27.6 Å². The molecule has 8 rings (SSSR count). The molecule has 6 heteroatoms. The Morgan fingerprint density at radius 2 is 0.786 bits per heavy atom. The Labute approximate surface area is 353 Å². The van der Waals surface area contributed by atoms with Crippen molar-refractivity contribution in [3.8, 4) is 55.9 Å². The van der Waals surface area contributed by atoms with Crippen LogP contribution in [-0.4, -0.2) is 17.1 Å². The second kappa shape index (κ2) is 19.9. The lowest BCUT2D eigenvalue weighted by Crippen LogP contribution is -1.91. The van der Waals surface area contributed by atoms with Crippen molar-refractivity contribution in [1.82, 2.24) is 4.98 Å². The van der Waals surface area contributed by atoms with Crippen molar-refractivity contribution >= 4 is 59.9 Å². The van der Waals surface area contributed by atoms with Gasteiger partial charge in [0.25, 0.3) is 0 Å². The van der Waals surface area contributed by atoms with Gasteiger partial charge in [0.15, 0.2) is 5.78 Å². The fourth-order valence-electron chi connectivity index (χ4n) is 5.87. The van der Waals surface area contributed by atoms with Gasteiger partial charge in [-0.2, -0.15) is 0 Å². The number of hydrogen-bond acceptors (Lipinski definition) is 3. The summed E-state index contributed by atoms with van der Waals surface area (Å²) in [6.07, 6.45) is 0.856. The number of halogens is 3. The number of aromatic nitrogens is 1. The maximum Gasteiger partial charge on any atom is 0.159 e. The highest BCUT2D eigenvalue weighted by atomic mass is 79.9. The number of ketones is 1. The van der Waals surface area contributed by atoms with Crippen molar-refractivity contribution in [1.29, 1.82) is 0 Å². The molecule has 0 saturated heterocycles. The predicted octanol–water partition coefficient (Wildman–Crippen LogP) is 15.1. The van der Waals surface area contributed by atoms with Gasteiger partial charge in [0, 0.05) is 35.7 Å². The largest absolute Gasteiger partial charge is 0.298 e. The fraction of sp³-hybridized carbons (Fsp3) is 0.0200. The van der Waals surface area contributed by atoms with Crippen LogP contribution in [0.3, 0.4) is 0 Å². The van der Waals surface area contributed by atoms with Crippen LogP contribution >= 0.6 is 47.8 Å². The van der Waals surface area contributed by atoms with E-state index in [1.165, 1.54) is 22.3 Å². The molecule has 0 aliphatic rings. The number of carbonyl (C=O) groups is 2. The summed E-state index contributed by atoms with van der Waals surface area (Å²) in [6, 6.07) is 65.1. The summed E-state index contributed by atoms with van der Waals surface area (Å²) in [5, 5.41) is 0.